The lowest BCUT2D eigenvalue weighted by Crippen LogP contribution is -2.42. The fourth-order valence-electron chi connectivity index (χ4n) is 3.10. The maximum Gasteiger partial charge on any atom is 0.254 e. The molecule has 24 heavy (non-hydrogen) atoms. The van der Waals surface area contributed by atoms with Crippen molar-refractivity contribution in [2.24, 2.45) is 0 Å². The van der Waals surface area contributed by atoms with E-state index in [-0.39, 0.29) is 24.4 Å². The Morgan fingerprint density at radius 3 is 2.67 bits per heavy atom. The van der Waals surface area contributed by atoms with Crippen LogP contribution in [-0.4, -0.2) is 34.8 Å². The summed E-state index contributed by atoms with van der Waals surface area (Å²) in [5.41, 5.74) is 2.90. The fraction of sp³-hybridized carbons (Fsp3) is 0.444. The quantitative estimate of drug-likeness (QED) is 0.872. The number of aromatic nitrogens is 2. The van der Waals surface area contributed by atoms with E-state index in [1.807, 2.05) is 22.9 Å². The summed E-state index contributed by atoms with van der Waals surface area (Å²) in [6, 6.07) is 10.5. The van der Waals surface area contributed by atoms with Gasteiger partial charge in [0, 0.05) is 6.04 Å². The molecule has 3 rings (SSSR count). The lowest BCUT2D eigenvalue weighted by molar-refractivity contribution is 0.0928. The largest absolute Gasteiger partial charge is 0.349 e. The molecule has 2 heterocycles. The summed E-state index contributed by atoms with van der Waals surface area (Å²) >= 11 is 0. The maximum atomic E-state index is 12.6. The molecule has 130 valence electrons. The van der Waals surface area contributed by atoms with Crippen LogP contribution in [-0.2, 0) is 13.0 Å². The van der Waals surface area contributed by atoms with Crippen LogP contribution >= 0.6 is 12.4 Å². The van der Waals surface area contributed by atoms with Crippen molar-refractivity contribution in [3.8, 4) is 0 Å². The molecule has 1 saturated heterocycles. The Morgan fingerprint density at radius 1 is 1.29 bits per heavy atom. The highest BCUT2D eigenvalue weighted by atomic mass is 35.5. The monoisotopic (exact) mass is 348 g/mol. The molecule has 0 aliphatic carbocycles. The Kier molecular flexibility index (Phi) is 6.82. The lowest BCUT2D eigenvalue weighted by Gasteiger charge is -2.23. The zero-order chi connectivity index (χ0) is 16.1. The molecule has 5 nitrogen and oxygen atoms in total. The van der Waals surface area contributed by atoms with Crippen molar-refractivity contribution in [2.45, 2.75) is 38.8 Å². The Balaban J connectivity index is 0.00000208. The lowest BCUT2D eigenvalue weighted by atomic mass is 10.1. The van der Waals surface area contributed by atoms with Crippen LogP contribution in [0.25, 0.3) is 0 Å². The molecule has 1 aromatic heterocycles. The van der Waals surface area contributed by atoms with Crippen molar-refractivity contribution in [1.82, 2.24) is 20.4 Å². The van der Waals surface area contributed by atoms with E-state index in [1.165, 1.54) is 5.56 Å². The smallest absolute Gasteiger partial charge is 0.254 e. The van der Waals surface area contributed by atoms with Gasteiger partial charge >= 0.3 is 0 Å². The first kappa shape index (κ1) is 18.5. The molecule has 0 unspecified atom stereocenters. The van der Waals surface area contributed by atoms with E-state index in [9.17, 15) is 4.79 Å². The highest BCUT2D eigenvalue weighted by molar-refractivity contribution is 5.95. The number of hydrogen-bond donors (Lipinski definition) is 2. The predicted molar refractivity (Wildman–Crippen MR) is 97.8 cm³/mol. The summed E-state index contributed by atoms with van der Waals surface area (Å²) in [5, 5.41) is 10.9. The van der Waals surface area contributed by atoms with Crippen LogP contribution in [0.15, 0.2) is 36.5 Å². The van der Waals surface area contributed by atoms with Crippen molar-refractivity contribution in [3.63, 3.8) is 0 Å². The molecule has 0 spiro atoms. The van der Waals surface area contributed by atoms with Gasteiger partial charge in [0.2, 0.25) is 0 Å². The summed E-state index contributed by atoms with van der Waals surface area (Å²) in [6.07, 6.45) is 4.48. The molecule has 0 bridgehead atoms. The average Bonchev–Trinajstić information content (AvgIpc) is 2.99. The number of rotatable bonds is 5. The number of nitrogens with zero attached hydrogens (tertiary/aromatic N) is 2. The SMILES string of the molecule is CCc1c(C(=O)NC2CCNCC2)cnn1Cc1ccccc1.Cl. The molecule has 1 aliphatic rings. The Hall–Kier alpha value is -1.85. The maximum absolute atomic E-state index is 12.6. The minimum atomic E-state index is 0. The number of amides is 1. The molecule has 0 radical (unpaired) electrons. The Bertz CT molecular complexity index is 650. The normalized spacial score (nSPS) is 14.9. The van der Waals surface area contributed by atoms with E-state index in [4.69, 9.17) is 0 Å². The highest BCUT2D eigenvalue weighted by Gasteiger charge is 2.20. The topological polar surface area (TPSA) is 59.0 Å². The molecule has 1 aliphatic heterocycles. The number of carbonyl (C=O) groups excluding carboxylic acids is 1. The second-order valence-electron chi connectivity index (χ2n) is 6.00. The summed E-state index contributed by atoms with van der Waals surface area (Å²) in [5.74, 6) is 0.00746. The van der Waals surface area contributed by atoms with Gasteiger partial charge in [-0.15, -0.1) is 12.4 Å². The van der Waals surface area contributed by atoms with E-state index >= 15 is 0 Å². The molecule has 0 saturated carbocycles. The van der Waals surface area contributed by atoms with Gasteiger partial charge in [-0.25, -0.2) is 0 Å². The van der Waals surface area contributed by atoms with Crippen LogP contribution in [0.1, 0.15) is 41.4 Å². The van der Waals surface area contributed by atoms with Gasteiger partial charge < -0.3 is 10.6 Å². The third-order valence-corrected chi connectivity index (χ3v) is 4.38. The minimum absolute atomic E-state index is 0. The van der Waals surface area contributed by atoms with Gasteiger partial charge in [-0.1, -0.05) is 37.3 Å². The van der Waals surface area contributed by atoms with Gasteiger partial charge in [0.15, 0.2) is 0 Å². The molecule has 2 N–H and O–H groups in total. The number of piperidine rings is 1. The van der Waals surface area contributed by atoms with Crippen molar-refractivity contribution in [1.29, 1.82) is 0 Å². The van der Waals surface area contributed by atoms with Crippen LogP contribution in [0.5, 0.6) is 0 Å². The molecule has 1 amide bonds. The van der Waals surface area contributed by atoms with Gasteiger partial charge in [-0.3, -0.25) is 9.48 Å². The second kappa shape index (κ2) is 8.85. The molecule has 2 aromatic rings. The van der Waals surface area contributed by atoms with E-state index in [0.29, 0.717) is 12.1 Å². The molecule has 1 fully saturated rings. The summed E-state index contributed by atoms with van der Waals surface area (Å²) < 4.78 is 1.94. The van der Waals surface area contributed by atoms with Crippen LogP contribution in [0.3, 0.4) is 0 Å². The minimum Gasteiger partial charge on any atom is -0.349 e. The first-order chi connectivity index (χ1) is 11.3. The number of benzene rings is 1. The Morgan fingerprint density at radius 2 is 2.00 bits per heavy atom. The third kappa shape index (κ3) is 4.36. The zero-order valence-corrected chi connectivity index (χ0v) is 14.8. The van der Waals surface area contributed by atoms with Crippen LogP contribution in [0.4, 0.5) is 0 Å². The highest BCUT2D eigenvalue weighted by Crippen LogP contribution is 2.13. The summed E-state index contributed by atoms with van der Waals surface area (Å²) in [4.78, 5) is 12.6. The third-order valence-electron chi connectivity index (χ3n) is 4.38. The molecule has 6 heteroatoms. The van der Waals surface area contributed by atoms with Crippen molar-refractivity contribution >= 4 is 18.3 Å². The van der Waals surface area contributed by atoms with Crippen LogP contribution in [0, 0.1) is 0 Å². The van der Waals surface area contributed by atoms with Gasteiger partial charge in [-0.2, -0.15) is 5.10 Å². The molecular weight excluding hydrogens is 324 g/mol. The van der Waals surface area contributed by atoms with Crippen molar-refractivity contribution in [2.75, 3.05) is 13.1 Å². The average molecular weight is 349 g/mol. The number of nitrogens with one attached hydrogen (secondary N) is 2. The summed E-state index contributed by atoms with van der Waals surface area (Å²) in [6.45, 7) is 4.71. The van der Waals surface area contributed by atoms with E-state index in [2.05, 4.69) is 34.8 Å². The van der Waals surface area contributed by atoms with Gasteiger partial charge in [0.1, 0.15) is 0 Å². The van der Waals surface area contributed by atoms with Gasteiger partial charge in [0.05, 0.1) is 24.0 Å². The van der Waals surface area contributed by atoms with Crippen molar-refractivity contribution in [3.05, 3.63) is 53.3 Å². The number of halogens is 1. The van der Waals surface area contributed by atoms with Crippen LogP contribution in [0.2, 0.25) is 0 Å². The number of hydrogen-bond acceptors (Lipinski definition) is 3. The Labute approximate surface area is 149 Å². The van der Waals surface area contributed by atoms with Gasteiger partial charge in [-0.05, 0) is 37.9 Å². The van der Waals surface area contributed by atoms with Crippen LogP contribution < -0.4 is 10.6 Å². The molecule has 0 atom stereocenters. The van der Waals surface area contributed by atoms with E-state index in [0.717, 1.165) is 38.0 Å². The van der Waals surface area contributed by atoms with E-state index in [1.54, 1.807) is 6.20 Å². The molecule has 1 aromatic carbocycles. The second-order valence-corrected chi connectivity index (χ2v) is 6.00. The summed E-state index contributed by atoms with van der Waals surface area (Å²) in [7, 11) is 0. The van der Waals surface area contributed by atoms with E-state index < -0.39 is 0 Å². The zero-order valence-electron chi connectivity index (χ0n) is 14.0. The standard InChI is InChI=1S/C18H24N4O.ClH/c1-2-17-16(18(23)21-15-8-10-19-11-9-15)12-20-22(17)13-14-6-4-3-5-7-14;/h3-7,12,15,19H,2,8-11,13H2,1H3,(H,21,23);1H. The molecular formula is C18H25ClN4O. The van der Waals surface area contributed by atoms with Crippen molar-refractivity contribution < 1.29 is 4.79 Å². The first-order valence-corrected chi connectivity index (χ1v) is 8.38. The predicted octanol–water partition coefficient (Wildman–Crippen LogP) is 2.40. The number of carbonyl (C=O) groups is 1. The fourth-order valence-corrected chi connectivity index (χ4v) is 3.10. The first-order valence-electron chi connectivity index (χ1n) is 8.38. The van der Waals surface area contributed by atoms with Gasteiger partial charge in [0.25, 0.3) is 5.91 Å².